The van der Waals surface area contributed by atoms with Gasteiger partial charge in [-0.3, -0.25) is 4.90 Å². The van der Waals surface area contributed by atoms with Gasteiger partial charge in [0, 0.05) is 17.9 Å². The van der Waals surface area contributed by atoms with E-state index in [4.69, 9.17) is 4.74 Å². The topological polar surface area (TPSA) is 12.5 Å². The lowest BCUT2D eigenvalue weighted by Gasteiger charge is -2.43. The Bertz CT molecular complexity index is 198. The monoisotopic (exact) mass is 289 g/mol. The molecule has 2 rings (SSSR count). The van der Waals surface area contributed by atoms with Crippen LogP contribution in [-0.4, -0.2) is 42.1 Å². The van der Waals surface area contributed by atoms with Crippen LogP contribution in [0.5, 0.6) is 0 Å². The molecular formula is C13H24BrNO. The number of nitrogens with zero attached hydrogens (tertiary/aromatic N) is 1. The molecule has 1 saturated heterocycles. The number of morpholine rings is 1. The van der Waals surface area contributed by atoms with Gasteiger partial charge in [0.2, 0.25) is 0 Å². The molecule has 0 radical (unpaired) electrons. The molecule has 16 heavy (non-hydrogen) atoms. The van der Waals surface area contributed by atoms with Crippen molar-refractivity contribution in [3.63, 3.8) is 0 Å². The molecular weight excluding hydrogens is 266 g/mol. The third kappa shape index (κ3) is 3.44. The second-order valence-electron chi connectivity index (χ2n) is 5.05. The Balaban J connectivity index is 1.74. The summed E-state index contributed by atoms with van der Waals surface area (Å²) < 4.78 is 5.89. The van der Waals surface area contributed by atoms with Gasteiger partial charge < -0.3 is 4.74 Å². The Morgan fingerprint density at radius 3 is 2.88 bits per heavy atom. The molecule has 0 N–H and O–H groups in total. The Morgan fingerprint density at radius 1 is 1.12 bits per heavy atom. The van der Waals surface area contributed by atoms with E-state index in [-0.39, 0.29) is 0 Å². The van der Waals surface area contributed by atoms with Gasteiger partial charge >= 0.3 is 0 Å². The van der Waals surface area contributed by atoms with Crippen molar-refractivity contribution in [2.45, 2.75) is 57.1 Å². The van der Waals surface area contributed by atoms with Gasteiger partial charge in [-0.25, -0.2) is 0 Å². The van der Waals surface area contributed by atoms with E-state index >= 15 is 0 Å². The van der Waals surface area contributed by atoms with Crippen molar-refractivity contribution in [1.82, 2.24) is 4.90 Å². The number of halogens is 1. The van der Waals surface area contributed by atoms with Gasteiger partial charge in [0.15, 0.2) is 0 Å². The minimum atomic E-state index is 0.554. The van der Waals surface area contributed by atoms with Crippen LogP contribution in [-0.2, 0) is 4.74 Å². The number of ether oxygens (including phenoxy) is 1. The molecule has 1 aliphatic heterocycles. The van der Waals surface area contributed by atoms with Crippen LogP contribution in [0.15, 0.2) is 0 Å². The minimum absolute atomic E-state index is 0.554. The summed E-state index contributed by atoms with van der Waals surface area (Å²) in [7, 11) is 0. The molecule has 2 unspecified atom stereocenters. The maximum Gasteiger partial charge on any atom is 0.0730 e. The van der Waals surface area contributed by atoms with E-state index in [0.717, 1.165) is 24.5 Å². The highest BCUT2D eigenvalue weighted by Crippen LogP contribution is 2.28. The van der Waals surface area contributed by atoms with Gasteiger partial charge in [-0.05, 0) is 32.2 Å². The van der Waals surface area contributed by atoms with Crippen molar-refractivity contribution in [3.05, 3.63) is 0 Å². The predicted octanol–water partition coefficient (Wildman–Crippen LogP) is 3.20. The van der Waals surface area contributed by atoms with Crippen LogP contribution in [0.4, 0.5) is 0 Å². The van der Waals surface area contributed by atoms with Gasteiger partial charge in [-0.1, -0.05) is 35.2 Å². The molecule has 0 aromatic rings. The Hall–Kier alpha value is 0.400. The van der Waals surface area contributed by atoms with Crippen molar-refractivity contribution in [2.24, 2.45) is 0 Å². The van der Waals surface area contributed by atoms with Gasteiger partial charge in [0.05, 0.1) is 12.7 Å². The lowest BCUT2D eigenvalue weighted by molar-refractivity contribution is -0.0882. The third-order valence-corrected chi connectivity index (χ3v) is 4.49. The Labute approximate surface area is 108 Å². The molecule has 1 saturated carbocycles. The lowest BCUT2D eigenvalue weighted by atomic mass is 9.90. The number of hydrogen-bond donors (Lipinski definition) is 0. The Kier molecular flexibility index (Phi) is 5.60. The van der Waals surface area contributed by atoms with Crippen molar-refractivity contribution in [2.75, 3.05) is 25.0 Å². The molecule has 2 atom stereocenters. The highest BCUT2D eigenvalue weighted by atomic mass is 79.9. The van der Waals surface area contributed by atoms with Gasteiger partial charge in [0.1, 0.15) is 0 Å². The summed E-state index contributed by atoms with van der Waals surface area (Å²) in [6, 6.07) is 0.742. The summed E-state index contributed by atoms with van der Waals surface area (Å²) in [5, 5.41) is 1.15. The fourth-order valence-electron chi connectivity index (χ4n) is 3.04. The van der Waals surface area contributed by atoms with E-state index < -0.39 is 0 Å². The third-order valence-electron chi connectivity index (χ3n) is 3.93. The first-order chi connectivity index (χ1) is 7.92. The number of rotatable bonds is 5. The molecule has 1 aliphatic carbocycles. The van der Waals surface area contributed by atoms with E-state index in [1.807, 2.05) is 0 Å². The van der Waals surface area contributed by atoms with Crippen LogP contribution < -0.4 is 0 Å². The van der Waals surface area contributed by atoms with Crippen LogP contribution in [0, 0.1) is 0 Å². The smallest absolute Gasteiger partial charge is 0.0730 e. The molecule has 0 spiro atoms. The zero-order valence-electron chi connectivity index (χ0n) is 10.2. The van der Waals surface area contributed by atoms with Gasteiger partial charge in [0.25, 0.3) is 0 Å². The summed E-state index contributed by atoms with van der Waals surface area (Å²) in [5.74, 6) is 0. The molecule has 2 nitrogen and oxygen atoms in total. The fourth-order valence-corrected chi connectivity index (χ4v) is 3.44. The standard InChI is InChI=1S/C13H24BrNO/c14-8-4-1-5-9-15-10-11-16-13-7-3-2-6-12(13)15/h12-13H,1-11H2. The summed E-state index contributed by atoms with van der Waals surface area (Å²) in [6.45, 7) is 3.41. The van der Waals surface area contributed by atoms with E-state index in [9.17, 15) is 0 Å². The van der Waals surface area contributed by atoms with Crippen molar-refractivity contribution in [3.8, 4) is 0 Å². The molecule has 0 amide bonds. The molecule has 2 aliphatic rings. The molecule has 1 heterocycles. The maximum atomic E-state index is 5.89. The van der Waals surface area contributed by atoms with E-state index in [1.54, 1.807) is 0 Å². The highest BCUT2D eigenvalue weighted by Gasteiger charge is 2.33. The first kappa shape index (κ1) is 12.8. The van der Waals surface area contributed by atoms with Gasteiger partial charge in [-0.15, -0.1) is 0 Å². The normalized spacial score (nSPS) is 31.3. The summed E-state index contributed by atoms with van der Waals surface area (Å²) in [6.07, 6.45) is 10.0. The summed E-state index contributed by atoms with van der Waals surface area (Å²) in [4.78, 5) is 2.70. The van der Waals surface area contributed by atoms with Crippen LogP contribution in [0.2, 0.25) is 0 Å². The molecule has 3 heteroatoms. The Morgan fingerprint density at radius 2 is 2.00 bits per heavy atom. The SMILES string of the molecule is BrCCCCCN1CCOC2CCCCC21. The van der Waals surface area contributed by atoms with E-state index in [1.165, 1.54) is 51.5 Å². The zero-order valence-corrected chi connectivity index (χ0v) is 11.8. The molecule has 0 aromatic heterocycles. The average molecular weight is 290 g/mol. The van der Waals surface area contributed by atoms with Crippen LogP contribution in [0.1, 0.15) is 44.9 Å². The quantitative estimate of drug-likeness (QED) is 0.569. The zero-order chi connectivity index (χ0) is 11.2. The minimum Gasteiger partial charge on any atom is -0.375 e. The lowest BCUT2D eigenvalue weighted by Crippen LogP contribution is -2.52. The number of unbranched alkanes of at least 4 members (excludes halogenated alkanes) is 2. The maximum absolute atomic E-state index is 5.89. The molecule has 94 valence electrons. The van der Waals surface area contributed by atoms with E-state index in [2.05, 4.69) is 20.8 Å². The van der Waals surface area contributed by atoms with Crippen LogP contribution in [0.25, 0.3) is 0 Å². The highest BCUT2D eigenvalue weighted by molar-refractivity contribution is 9.09. The van der Waals surface area contributed by atoms with Crippen molar-refractivity contribution < 1.29 is 4.74 Å². The number of hydrogen-bond acceptors (Lipinski definition) is 2. The second-order valence-corrected chi connectivity index (χ2v) is 5.84. The van der Waals surface area contributed by atoms with Crippen molar-refractivity contribution in [1.29, 1.82) is 0 Å². The summed E-state index contributed by atoms with van der Waals surface area (Å²) >= 11 is 3.50. The molecule has 0 aromatic carbocycles. The fraction of sp³-hybridized carbons (Fsp3) is 1.00. The number of alkyl halides is 1. The number of fused-ring (bicyclic) bond motifs is 1. The molecule has 2 fully saturated rings. The predicted molar refractivity (Wildman–Crippen MR) is 71.2 cm³/mol. The largest absolute Gasteiger partial charge is 0.375 e. The van der Waals surface area contributed by atoms with Crippen molar-refractivity contribution >= 4 is 15.9 Å². The average Bonchev–Trinajstić information content (AvgIpc) is 2.35. The second kappa shape index (κ2) is 6.97. The molecule has 0 bridgehead atoms. The summed E-state index contributed by atoms with van der Waals surface area (Å²) in [5.41, 5.74) is 0. The first-order valence-electron chi connectivity index (χ1n) is 6.83. The van der Waals surface area contributed by atoms with E-state index in [0.29, 0.717) is 6.10 Å². The van der Waals surface area contributed by atoms with Gasteiger partial charge in [-0.2, -0.15) is 0 Å². The van der Waals surface area contributed by atoms with Crippen LogP contribution in [0.3, 0.4) is 0 Å². The first-order valence-corrected chi connectivity index (χ1v) is 7.95. The van der Waals surface area contributed by atoms with Crippen LogP contribution >= 0.6 is 15.9 Å².